The van der Waals surface area contributed by atoms with Crippen molar-refractivity contribution in [2.75, 3.05) is 14.2 Å². The Kier molecular flexibility index (Phi) is 2.64. The number of ether oxygens (including phenoxy) is 2. The van der Waals surface area contributed by atoms with Gasteiger partial charge in [0.05, 0.1) is 25.0 Å². The highest BCUT2D eigenvalue weighted by Gasteiger charge is 3.38. The number of hydrogen-bond acceptors (Lipinski definition) is 4. The summed E-state index contributed by atoms with van der Waals surface area (Å²) in [6.45, 7) is 20.3. The summed E-state index contributed by atoms with van der Waals surface area (Å²) in [6.07, 6.45) is 0. The minimum atomic E-state index is -0.708. The predicted octanol–water partition coefficient (Wildman–Crippen LogP) is 4.07. The zero-order valence-electron chi connectivity index (χ0n) is 18.2. The van der Waals surface area contributed by atoms with Gasteiger partial charge in [-0.15, -0.1) is 0 Å². The summed E-state index contributed by atoms with van der Waals surface area (Å²) in [5, 5.41) is 0. The minimum absolute atomic E-state index is 0.0101. The summed E-state index contributed by atoms with van der Waals surface area (Å²) in [7, 11) is 2.91. The second kappa shape index (κ2) is 3.75. The number of rotatable bonds is 2. The van der Waals surface area contributed by atoms with E-state index in [2.05, 4.69) is 62.3 Å². The average Bonchev–Trinajstić information content (AvgIpc) is 2.97. The Balaban J connectivity index is 2.09. The molecular formula is C22H34O4. The van der Waals surface area contributed by atoms with Gasteiger partial charge in [-0.3, -0.25) is 9.59 Å². The van der Waals surface area contributed by atoms with Gasteiger partial charge in [-0.1, -0.05) is 62.3 Å². The molecule has 4 heteroatoms. The molecule has 26 heavy (non-hydrogen) atoms. The number of methoxy groups -OCH3 is 2. The SMILES string of the molecule is COC(=O)C12C3C1(C(=O)OC)C1(C(C)(C)C)C3(C(C)(C)C)C21C(C)(C)C. The maximum atomic E-state index is 13.2. The fourth-order valence-corrected chi connectivity index (χ4v) is 10.4. The van der Waals surface area contributed by atoms with Gasteiger partial charge in [0.1, 0.15) is 0 Å². The maximum Gasteiger partial charge on any atom is 0.313 e. The van der Waals surface area contributed by atoms with Crippen LogP contribution in [0.2, 0.25) is 0 Å². The van der Waals surface area contributed by atoms with Crippen LogP contribution in [0.15, 0.2) is 0 Å². The first-order valence-corrected chi connectivity index (χ1v) is 9.75. The van der Waals surface area contributed by atoms with E-state index in [0.29, 0.717) is 0 Å². The lowest BCUT2D eigenvalue weighted by Gasteiger charge is -2.57. The third-order valence-corrected chi connectivity index (χ3v) is 9.15. The zero-order chi connectivity index (χ0) is 20.1. The summed E-state index contributed by atoms with van der Waals surface area (Å²) >= 11 is 0. The van der Waals surface area contributed by atoms with Crippen LogP contribution in [-0.4, -0.2) is 26.2 Å². The van der Waals surface area contributed by atoms with Gasteiger partial charge in [0.25, 0.3) is 0 Å². The lowest BCUT2D eigenvalue weighted by Crippen LogP contribution is -2.62. The Labute approximate surface area is 157 Å². The van der Waals surface area contributed by atoms with E-state index < -0.39 is 10.8 Å². The summed E-state index contributed by atoms with van der Waals surface area (Å²) in [5.74, 6) is -0.374. The molecule has 0 heterocycles. The van der Waals surface area contributed by atoms with Gasteiger partial charge in [0.15, 0.2) is 0 Å². The smallest absolute Gasteiger partial charge is 0.313 e. The van der Waals surface area contributed by atoms with Crippen molar-refractivity contribution >= 4 is 11.9 Å². The van der Waals surface area contributed by atoms with E-state index in [1.807, 2.05) is 0 Å². The van der Waals surface area contributed by atoms with E-state index in [1.54, 1.807) is 0 Å². The van der Waals surface area contributed by atoms with Crippen LogP contribution in [0.4, 0.5) is 0 Å². The molecule has 5 fully saturated rings. The molecule has 5 saturated carbocycles. The molecular weight excluding hydrogens is 328 g/mol. The Bertz CT molecular complexity index is 706. The number of carbonyl (C=O) groups is 2. The topological polar surface area (TPSA) is 52.6 Å². The van der Waals surface area contributed by atoms with E-state index in [4.69, 9.17) is 9.47 Å². The molecule has 4 atom stereocenters. The summed E-state index contributed by atoms with van der Waals surface area (Å²) in [5.41, 5.74) is -2.17. The van der Waals surface area contributed by atoms with Crippen LogP contribution in [0.25, 0.3) is 0 Å². The Morgan fingerprint density at radius 3 is 1.15 bits per heavy atom. The van der Waals surface area contributed by atoms with Crippen molar-refractivity contribution in [3.63, 3.8) is 0 Å². The van der Waals surface area contributed by atoms with E-state index in [0.717, 1.165) is 0 Å². The molecule has 0 bridgehead atoms. The van der Waals surface area contributed by atoms with Gasteiger partial charge >= 0.3 is 11.9 Å². The van der Waals surface area contributed by atoms with Crippen molar-refractivity contribution in [1.29, 1.82) is 0 Å². The van der Waals surface area contributed by atoms with Crippen molar-refractivity contribution in [3.8, 4) is 0 Å². The van der Waals surface area contributed by atoms with Crippen LogP contribution in [0.5, 0.6) is 0 Å². The molecule has 0 radical (unpaired) electrons. The van der Waals surface area contributed by atoms with E-state index >= 15 is 0 Å². The van der Waals surface area contributed by atoms with Crippen LogP contribution < -0.4 is 0 Å². The third-order valence-electron chi connectivity index (χ3n) is 9.15. The van der Waals surface area contributed by atoms with Crippen molar-refractivity contribution < 1.29 is 19.1 Å². The van der Waals surface area contributed by atoms with Gasteiger partial charge in [-0.2, -0.15) is 0 Å². The Morgan fingerprint density at radius 2 is 0.962 bits per heavy atom. The molecule has 0 saturated heterocycles. The Hall–Kier alpha value is -1.06. The molecule has 5 rings (SSSR count). The van der Waals surface area contributed by atoms with Gasteiger partial charge in [-0.25, -0.2) is 0 Å². The molecule has 0 aromatic carbocycles. The fraction of sp³-hybridized carbons (Fsp3) is 0.909. The molecule has 0 aliphatic heterocycles. The minimum Gasteiger partial charge on any atom is -0.469 e. The monoisotopic (exact) mass is 362 g/mol. The fourth-order valence-electron chi connectivity index (χ4n) is 10.4. The lowest BCUT2D eigenvalue weighted by molar-refractivity contribution is -0.199. The van der Waals surface area contributed by atoms with Crippen LogP contribution in [0, 0.1) is 49.2 Å². The molecule has 0 N–H and O–H groups in total. The molecule has 5 aliphatic carbocycles. The molecule has 0 aromatic heterocycles. The first kappa shape index (κ1) is 18.3. The molecule has 4 unspecified atom stereocenters. The first-order valence-electron chi connectivity index (χ1n) is 9.75. The highest BCUT2D eigenvalue weighted by molar-refractivity contribution is 6.11. The number of esters is 2. The third kappa shape index (κ3) is 0.914. The second-order valence-corrected chi connectivity index (χ2v) is 12.1. The highest BCUT2D eigenvalue weighted by Crippen LogP contribution is 3.33. The van der Waals surface area contributed by atoms with Crippen LogP contribution in [-0.2, 0) is 19.1 Å². The molecule has 4 nitrogen and oxygen atoms in total. The van der Waals surface area contributed by atoms with Crippen molar-refractivity contribution in [3.05, 3.63) is 0 Å². The van der Waals surface area contributed by atoms with Crippen molar-refractivity contribution in [2.45, 2.75) is 62.3 Å². The van der Waals surface area contributed by atoms with Crippen LogP contribution >= 0.6 is 0 Å². The van der Waals surface area contributed by atoms with Gasteiger partial charge in [-0.05, 0) is 21.7 Å². The number of carbonyl (C=O) groups excluding carboxylic acids is 2. The van der Waals surface area contributed by atoms with Crippen LogP contribution in [0.3, 0.4) is 0 Å². The molecule has 0 spiro atoms. The largest absolute Gasteiger partial charge is 0.469 e. The Morgan fingerprint density at radius 1 is 0.654 bits per heavy atom. The maximum absolute atomic E-state index is 13.2. The van der Waals surface area contributed by atoms with Crippen LogP contribution in [0.1, 0.15) is 62.3 Å². The summed E-state index contributed by atoms with van der Waals surface area (Å²) in [4.78, 5) is 26.4. The lowest BCUT2D eigenvalue weighted by atomic mass is 9.44. The summed E-state index contributed by atoms with van der Waals surface area (Å²) < 4.78 is 10.6. The summed E-state index contributed by atoms with van der Waals surface area (Å²) in [6, 6.07) is 0. The van der Waals surface area contributed by atoms with E-state index in [9.17, 15) is 9.59 Å². The molecule has 0 amide bonds. The highest BCUT2D eigenvalue weighted by atomic mass is 16.5. The quantitative estimate of drug-likeness (QED) is 0.695. The second-order valence-electron chi connectivity index (χ2n) is 12.1. The average molecular weight is 363 g/mol. The van der Waals surface area contributed by atoms with E-state index in [-0.39, 0.29) is 50.3 Å². The van der Waals surface area contributed by atoms with Gasteiger partial charge in [0, 0.05) is 16.7 Å². The number of hydrogen-bond donors (Lipinski definition) is 0. The van der Waals surface area contributed by atoms with Crippen molar-refractivity contribution in [2.24, 2.45) is 49.2 Å². The van der Waals surface area contributed by atoms with Gasteiger partial charge < -0.3 is 9.47 Å². The molecule has 146 valence electrons. The predicted molar refractivity (Wildman–Crippen MR) is 98.1 cm³/mol. The van der Waals surface area contributed by atoms with Crippen molar-refractivity contribution in [1.82, 2.24) is 0 Å². The molecule has 0 aromatic rings. The van der Waals surface area contributed by atoms with Gasteiger partial charge in [0.2, 0.25) is 0 Å². The zero-order valence-corrected chi connectivity index (χ0v) is 18.2. The molecule has 5 aliphatic rings. The normalized spacial score (nSPS) is 50.0. The van der Waals surface area contributed by atoms with E-state index in [1.165, 1.54) is 14.2 Å². The standard InChI is InChI=1S/C22H34O4/c1-15(2,3)20-12-18(13(23)25-10)19(12,14(24)26-11)22(20,17(7,8)9)21(18,20)16(4,5)6/h12H,1-11H3. The first-order chi connectivity index (χ1) is 11.6.